The van der Waals surface area contributed by atoms with E-state index in [-0.39, 0.29) is 5.91 Å². The van der Waals surface area contributed by atoms with Crippen LogP contribution >= 0.6 is 15.9 Å². The first-order valence-corrected chi connectivity index (χ1v) is 6.56. The van der Waals surface area contributed by atoms with Gasteiger partial charge < -0.3 is 10.2 Å². The summed E-state index contributed by atoms with van der Waals surface area (Å²) in [7, 11) is 3.94. The highest BCUT2D eigenvalue weighted by Gasteiger charge is 2.07. The van der Waals surface area contributed by atoms with Crippen molar-refractivity contribution in [1.29, 1.82) is 0 Å². The lowest BCUT2D eigenvalue weighted by Crippen LogP contribution is -2.14. The van der Waals surface area contributed by atoms with Gasteiger partial charge in [0.25, 0.3) is 5.91 Å². The number of pyridine rings is 1. The number of aromatic nitrogens is 1. The molecule has 0 spiro atoms. The van der Waals surface area contributed by atoms with E-state index in [2.05, 4.69) is 26.2 Å². The summed E-state index contributed by atoms with van der Waals surface area (Å²) in [6, 6.07) is 11.1. The molecule has 0 unspecified atom stereocenters. The number of hydrogen-bond donors (Lipinski definition) is 1. The number of nitrogens with zero attached hydrogens (tertiary/aromatic N) is 2. The molecule has 0 atom stereocenters. The molecular weight excluding hydrogens is 306 g/mol. The Morgan fingerprint density at radius 2 is 1.89 bits per heavy atom. The molecule has 1 aromatic carbocycles. The number of amides is 1. The van der Waals surface area contributed by atoms with Crippen molar-refractivity contribution in [3.63, 3.8) is 0 Å². The molecule has 0 aliphatic heterocycles. The Balaban J connectivity index is 2.10. The van der Waals surface area contributed by atoms with Crippen LogP contribution in [-0.2, 0) is 0 Å². The summed E-state index contributed by atoms with van der Waals surface area (Å²) in [5, 5.41) is 2.81. The third-order valence-corrected chi connectivity index (χ3v) is 3.09. The maximum atomic E-state index is 12.0. The van der Waals surface area contributed by atoms with Gasteiger partial charge in [0, 0.05) is 36.1 Å². The molecular formula is C14H14BrN3O. The largest absolute Gasteiger partial charge is 0.378 e. The fourth-order valence-electron chi connectivity index (χ4n) is 1.57. The van der Waals surface area contributed by atoms with Gasteiger partial charge in [-0.3, -0.25) is 9.78 Å². The minimum absolute atomic E-state index is 0.223. The highest BCUT2D eigenvalue weighted by atomic mass is 79.9. The highest BCUT2D eigenvalue weighted by molar-refractivity contribution is 9.10. The van der Waals surface area contributed by atoms with E-state index in [0.717, 1.165) is 15.8 Å². The maximum Gasteiger partial charge on any atom is 0.274 e. The average molecular weight is 320 g/mol. The van der Waals surface area contributed by atoms with Crippen molar-refractivity contribution in [2.75, 3.05) is 24.3 Å². The van der Waals surface area contributed by atoms with Crippen molar-refractivity contribution >= 4 is 33.2 Å². The Morgan fingerprint density at radius 3 is 2.47 bits per heavy atom. The second kappa shape index (κ2) is 5.84. The summed E-state index contributed by atoms with van der Waals surface area (Å²) in [4.78, 5) is 18.0. The zero-order chi connectivity index (χ0) is 13.8. The van der Waals surface area contributed by atoms with E-state index in [4.69, 9.17) is 0 Å². The second-order valence-corrected chi connectivity index (χ2v) is 5.17. The van der Waals surface area contributed by atoms with Gasteiger partial charge in [-0.2, -0.15) is 0 Å². The normalized spacial score (nSPS) is 10.1. The molecule has 1 aromatic heterocycles. The fourth-order valence-corrected chi connectivity index (χ4v) is 1.90. The first-order chi connectivity index (χ1) is 9.06. The summed E-state index contributed by atoms with van der Waals surface area (Å²) in [6.45, 7) is 0. The van der Waals surface area contributed by atoms with E-state index in [0.29, 0.717) is 5.69 Å². The van der Waals surface area contributed by atoms with Crippen molar-refractivity contribution in [3.05, 3.63) is 52.8 Å². The van der Waals surface area contributed by atoms with Crippen LogP contribution in [0.3, 0.4) is 0 Å². The van der Waals surface area contributed by atoms with Crippen LogP contribution in [-0.4, -0.2) is 25.0 Å². The van der Waals surface area contributed by atoms with Crippen LogP contribution in [0, 0.1) is 0 Å². The summed E-state index contributed by atoms with van der Waals surface area (Å²) < 4.78 is 0.829. The number of nitrogens with one attached hydrogen (secondary N) is 1. The molecule has 0 radical (unpaired) electrons. The Kier molecular flexibility index (Phi) is 4.16. The standard InChI is InChI=1S/C14H14BrN3O/c1-18(2)12-5-3-11(4-6-12)17-14(19)13-9-10(15)7-8-16-13/h3-9H,1-2H3,(H,17,19). The van der Waals surface area contributed by atoms with E-state index in [1.165, 1.54) is 0 Å². The first kappa shape index (κ1) is 13.5. The molecule has 4 nitrogen and oxygen atoms in total. The van der Waals surface area contributed by atoms with Crippen LogP contribution in [0.25, 0.3) is 0 Å². The van der Waals surface area contributed by atoms with Crippen LogP contribution in [0.15, 0.2) is 47.1 Å². The molecule has 1 heterocycles. The minimum atomic E-state index is -0.223. The lowest BCUT2D eigenvalue weighted by molar-refractivity contribution is 0.102. The van der Waals surface area contributed by atoms with Gasteiger partial charge in [0.2, 0.25) is 0 Å². The summed E-state index contributed by atoms with van der Waals surface area (Å²) in [5.41, 5.74) is 2.21. The summed E-state index contributed by atoms with van der Waals surface area (Å²) in [5.74, 6) is -0.223. The number of carbonyl (C=O) groups is 1. The zero-order valence-electron chi connectivity index (χ0n) is 10.7. The number of carbonyl (C=O) groups excluding carboxylic acids is 1. The molecule has 1 amide bonds. The topological polar surface area (TPSA) is 45.2 Å². The van der Waals surface area contributed by atoms with Crippen LogP contribution in [0.5, 0.6) is 0 Å². The van der Waals surface area contributed by atoms with E-state index < -0.39 is 0 Å². The Labute approximate surface area is 120 Å². The minimum Gasteiger partial charge on any atom is -0.378 e. The number of halogens is 1. The van der Waals surface area contributed by atoms with Crippen molar-refractivity contribution in [3.8, 4) is 0 Å². The van der Waals surface area contributed by atoms with Crippen molar-refractivity contribution < 1.29 is 4.79 Å². The lowest BCUT2D eigenvalue weighted by Gasteiger charge is -2.13. The number of anilines is 2. The molecule has 0 aliphatic carbocycles. The van der Waals surface area contributed by atoms with E-state index >= 15 is 0 Å². The van der Waals surface area contributed by atoms with Crippen molar-refractivity contribution in [1.82, 2.24) is 4.98 Å². The van der Waals surface area contributed by atoms with Crippen LogP contribution < -0.4 is 10.2 Å². The maximum absolute atomic E-state index is 12.0. The number of hydrogen-bond acceptors (Lipinski definition) is 3. The molecule has 0 saturated heterocycles. The Morgan fingerprint density at radius 1 is 1.21 bits per heavy atom. The van der Waals surface area contributed by atoms with Crippen LogP contribution in [0.2, 0.25) is 0 Å². The average Bonchev–Trinajstić information content (AvgIpc) is 2.39. The van der Waals surface area contributed by atoms with Gasteiger partial charge >= 0.3 is 0 Å². The molecule has 5 heteroatoms. The quantitative estimate of drug-likeness (QED) is 0.945. The molecule has 0 fully saturated rings. The van der Waals surface area contributed by atoms with Gasteiger partial charge in [-0.25, -0.2) is 0 Å². The SMILES string of the molecule is CN(C)c1ccc(NC(=O)c2cc(Br)ccn2)cc1. The van der Waals surface area contributed by atoms with Crippen LogP contribution in [0.4, 0.5) is 11.4 Å². The second-order valence-electron chi connectivity index (χ2n) is 4.25. The van der Waals surface area contributed by atoms with E-state index in [1.807, 2.05) is 43.3 Å². The van der Waals surface area contributed by atoms with Crippen molar-refractivity contribution in [2.45, 2.75) is 0 Å². The van der Waals surface area contributed by atoms with E-state index in [9.17, 15) is 4.79 Å². The van der Waals surface area contributed by atoms with Gasteiger partial charge in [0.15, 0.2) is 0 Å². The molecule has 0 bridgehead atoms. The molecule has 19 heavy (non-hydrogen) atoms. The van der Waals surface area contributed by atoms with E-state index in [1.54, 1.807) is 18.3 Å². The van der Waals surface area contributed by atoms with Gasteiger partial charge in [0.05, 0.1) is 0 Å². The Hall–Kier alpha value is -1.88. The monoisotopic (exact) mass is 319 g/mol. The number of benzene rings is 1. The molecule has 2 aromatic rings. The summed E-state index contributed by atoms with van der Waals surface area (Å²) >= 11 is 3.32. The predicted molar refractivity (Wildman–Crippen MR) is 80.7 cm³/mol. The van der Waals surface area contributed by atoms with Crippen LogP contribution in [0.1, 0.15) is 10.5 Å². The molecule has 0 saturated carbocycles. The molecule has 1 N–H and O–H groups in total. The van der Waals surface area contributed by atoms with Gasteiger partial charge in [-0.15, -0.1) is 0 Å². The van der Waals surface area contributed by atoms with Crippen molar-refractivity contribution in [2.24, 2.45) is 0 Å². The van der Waals surface area contributed by atoms with Gasteiger partial charge in [-0.1, -0.05) is 15.9 Å². The Bertz CT molecular complexity index is 581. The summed E-state index contributed by atoms with van der Waals surface area (Å²) in [6.07, 6.45) is 1.59. The number of rotatable bonds is 3. The molecule has 2 rings (SSSR count). The fraction of sp³-hybridized carbons (Fsp3) is 0.143. The predicted octanol–water partition coefficient (Wildman–Crippen LogP) is 3.16. The smallest absolute Gasteiger partial charge is 0.274 e. The molecule has 98 valence electrons. The lowest BCUT2D eigenvalue weighted by atomic mass is 10.2. The van der Waals surface area contributed by atoms with Gasteiger partial charge in [0.1, 0.15) is 5.69 Å². The third kappa shape index (κ3) is 3.54. The van der Waals surface area contributed by atoms with Gasteiger partial charge in [-0.05, 0) is 36.4 Å². The highest BCUT2D eigenvalue weighted by Crippen LogP contribution is 2.16. The third-order valence-electron chi connectivity index (χ3n) is 2.60. The first-order valence-electron chi connectivity index (χ1n) is 5.76. The zero-order valence-corrected chi connectivity index (χ0v) is 12.3. The molecule has 0 aliphatic rings.